The molecular formula is C13H19BrN4O. The van der Waals surface area contributed by atoms with Crippen LogP contribution in [0.15, 0.2) is 16.7 Å². The van der Waals surface area contributed by atoms with Gasteiger partial charge in [0.15, 0.2) is 0 Å². The second-order valence-corrected chi connectivity index (χ2v) is 5.98. The van der Waals surface area contributed by atoms with E-state index in [4.69, 9.17) is 5.73 Å². The van der Waals surface area contributed by atoms with E-state index in [1.807, 2.05) is 30.0 Å². The number of carbonyl (C=O) groups is 1. The lowest BCUT2D eigenvalue weighted by molar-refractivity contribution is 0.0788. The first-order chi connectivity index (χ1) is 9.02. The van der Waals surface area contributed by atoms with Crippen LogP contribution in [0.3, 0.4) is 0 Å². The number of aromatic nitrogens is 1. The molecule has 6 heteroatoms. The predicted octanol–water partition coefficient (Wildman–Crippen LogP) is 1.33. The van der Waals surface area contributed by atoms with Crippen molar-refractivity contribution >= 4 is 27.7 Å². The first kappa shape index (κ1) is 14.3. The van der Waals surface area contributed by atoms with Crippen LogP contribution in [-0.4, -0.2) is 49.5 Å². The second kappa shape index (κ2) is 5.88. The third kappa shape index (κ3) is 3.06. The summed E-state index contributed by atoms with van der Waals surface area (Å²) in [6.07, 6.45) is 2.69. The van der Waals surface area contributed by atoms with E-state index >= 15 is 0 Å². The first-order valence-electron chi connectivity index (χ1n) is 6.35. The molecule has 2 rings (SSSR count). The number of anilines is 1. The molecule has 19 heavy (non-hydrogen) atoms. The Morgan fingerprint density at radius 3 is 2.95 bits per heavy atom. The van der Waals surface area contributed by atoms with E-state index < -0.39 is 0 Å². The fourth-order valence-electron chi connectivity index (χ4n) is 2.33. The van der Waals surface area contributed by atoms with E-state index in [0.29, 0.717) is 23.8 Å². The lowest BCUT2D eigenvalue weighted by Crippen LogP contribution is -2.31. The van der Waals surface area contributed by atoms with Crippen molar-refractivity contribution in [2.75, 3.05) is 38.6 Å². The van der Waals surface area contributed by atoms with Crippen molar-refractivity contribution in [3.05, 3.63) is 22.3 Å². The summed E-state index contributed by atoms with van der Waals surface area (Å²) in [5.74, 6) is 1.16. The predicted molar refractivity (Wildman–Crippen MR) is 79.3 cm³/mol. The molecule has 1 atom stereocenters. The molecule has 104 valence electrons. The first-order valence-corrected chi connectivity index (χ1v) is 7.14. The maximum Gasteiger partial charge on any atom is 0.257 e. The summed E-state index contributed by atoms with van der Waals surface area (Å²) in [4.78, 5) is 20.6. The molecular weight excluding hydrogens is 308 g/mol. The highest BCUT2D eigenvalue weighted by Gasteiger charge is 2.28. The molecule has 0 saturated carbocycles. The van der Waals surface area contributed by atoms with Crippen molar-refractivity contribution in [3.8, 4) is 0 Å². The van der Waals surface area contributed by atoms with Crippen LogP contribution in [0.4, 0.5) is 5.82 Å². The highest BCUT2D eigenvalue weighted by atomic mass is 79.9. The zero-order valence-corrected chi connectivity index (χ0v) is 12.9. The maximum absolute atomic E-state index is 12.6. The van der Waals surface area contributed by atoms with Crippen LogP contribution in [0, 0.1) is 5.92 Å². The monoisotopic (exact) mass is 326 g/mol. The number of amides is 1. The van der Waals surface area contributed by atoms with E-state index in [0.717, 1.165) is 24.0 Å². The molecule has 5 nitrogen and oxygen atoms in total. The average molecular weight is 327 g/mol. The molecule has 1 aliphatic rings. The zero-order chi connectivity index (χ0) is 14.0. The summed E-state index contributed by atoms with van der Waals surface area (Å²) >= 11 is 3.38. The molecule has 0 radical (unpaired) electrons. The smallest absolute Gasteiger partial charge is 0.257 e. The summed E-state index contributed by atoms with van der Waals surface area (Å²) in [5.41, 5.74) is 6.31. The Balaban J connectivity index is 2.26. The van der Waals surface area contributed by atoms with Gasteiger partial charge in [0.05, 0.1) is 5.56 Å². The van der Waals surface area contributed by atoms with Crippen molar-refractivity contribution in [2.24, 2.45) is 11.7 Å². The van der Waals surface area contributed by atoms with Gasteiger partial charge in [0, 0.05) is 37.9 Å². The summed E-state index contributed by atoms with van der Waals surface area (Å²) in [5, 5.41) is 0. The SMILES string of the molecule is CN(C)c1ncc(Br)cc1C(=O)N1CCC(CN)C1. The average Bonchev–Trinajstić information content (AvgIpc) is 2.86. The van der Waals surface area contributed by atoms with Gasteiger partial charge in [0.25, 0.3) is 5.91 Å². The van der Waals surface area contributed by atoms with Crippen LogP contribution in [0.1, 0.15) is 16.8 Å². The van der Waals surface area contributed by atoms with E-state index in [2.05, 4.69) is 20.9 Å². The molecule has 1 aromatic heterocycles. The van der Waals surface area contributed by atoms with Crippen molar-refractivity contribution < 1.29 is 4.79 Å². The summed E-state index contributed by atoms with van der Waals surface area (Å²) in [6.45, 7) is 2.16. The maximum atomic E-state index is 12.6. The molecule has 0 aliphatic carbocycles. The topological polar surface area (TPSA) is 62.5 Å². The fourth-order valence-corrected chi connectivity index (χ4v) is 2.66. The third-order valence-electron chi connectivity index (χ3n) is 3.39. The van der Waals surface area contributed by atoms with Gasteiger partial charge in [-0.2, -0.15) is 0 Å². The van der Waals surface area contributed by atoms with Crippen LogP contribution >= 0.6 is 15.9 Å². The Bertz CT molecular complexity index is 478. The normalized spacial score (nSPS) is 18.7. The number of hydrogen-bond acceptors (Lipinski definition) is 4. The molecule has 1 aromatic rings. The molecule has 1 saturated heterocycles. The van der Waals surface area contributed by atoms with E-state index in [9.17, 15) is 4.79 Å². The number of rotatable bonds is 3. The molecule has 1 fully saturated rings. The zero-order valence-electron chi connectivity index (χ0n) is 11.3. The summed E-state index contributed by atoms with van der Waals surface area (Å²) < 4.78 is 0.816. The number of pyridine rings is 1. The van der Waals surface area contributed by atoms with Crippen molar-refractivity contribution in [3.63, 3.8) is 0 Å². The van der Waals surface area contributed by atoms with Crippen LogP contribution in [0.25, 0.3) is 0 Å². The van der Waals surface area contributed by atoms with Crippen molar-refractivity contribution in [1.82, 2.24) is 9.88 Å². The van der Waals surface area contributed by atoms with Gasteiger partial charge in [-0.15, -0.1) is 0 Å². The van der Waals surface area contributed by atoms with Gasteiger partial charge in [-0.25, -0.2) is 4.98 Å². The van der Waals surface area contributed by atoms with Gasteiger partial charge in [0.1, 0.15) is 5.82 Å². The minimum Gasteiger partial charge on any atom is -0.362 e. The number of carbonyl (C=O) groups excluding carboxylic acids is 1. The van der Waals surface area contributed by atoms with E-state index in [-0.39, 0.29) is 5.91 Å². The van der Waals surface area contributed by atoms with Crippen LogP contribution in [0.2, 0.25) is 0 Å². The number of nitrogens with two attached hydrogens (primary N) is 1. The quantitative estimate of drug-likeness (QED) is 0.910. The Kier molecular flexibility index (Phi) is 4.42. The third-order valence-corrected chi connectivity index (χ3v) is 3.83. The number of nitrogens with zero attached hydrogens (tertiary/aromatic N) is 3. The Morgan fingerprint density at radius 1 is 1.63 bits per heavy atom. The Labute approximate surface area is 121 Å². The molecule has 0 spiro atoms. The van der Waals surface area contributed by atoms with Crippen LogP contribution < -0.4 is 10.6 Å². The minimum absolute atomic E-state index is 0.0356. The number of hydrogen-bond donors (Lipinski definition) is 1. The van der Waals surface area contributed by atoms with Crippen LogP contribution in [-0.2, 0) is 0 Å². The molecule has 1 unspecified atom stereocenters. The molecule has 0 aromatic carbocycles. The van der Waals surface area contributed by atoms with E-state index in [1.54, 1.807) is 6.20 Å². The van der Waals surface area contributed by atoms with Crippen molar-refractivity contribution in [2.45, 2.75) is 6.42 Å². The van der Waals surface area contributed by atoms with Gasteiger partial charge in [0.2, 0.25) is 0 Å². The van der Waals surface area contributed by atoms with Crippen LogP contribution in [0.5, 0.6) is 0 Å². The number of likely N-dealkylation sites (tertiary alicyclic amines) is 1. The van der Waals surface area contributed by atoms with Gasteiger partial charge >= 0.3 is 0 Å². The van der Waals surface area contributed by atoms with Gasteiger partial charge < -0.3 is 15.5 Å². The molecule has 1 aliphatic heterocycles. The largest absolute Gasteiger partial charge is 0.362 e. The standard InChI is InChI=1S/C13H19BrN4O/c1-17(2)12-11(5-10(14)7-16-12)13(19)18-4-3-9(6-15)8-18/h5,7,9H,3-4,6,8,15H2,1-2H3. The van der Waals surface area contributed by atoms with Crippen molar-refractivity contribution in [1.29, 1.82) is 0 Å². The lowest BCUT2D eigenvalue weighted by Gasteiger charge is -2.21. The van der Waals surface area contributed by atoms with Gasteiger partial charge in [-0.05, 0) is 40.9 Å². The molecule has 0 bridgehead atoms. The van der Waals surface area contributed by atoms with Gasteiger partial charge in [-0.1, -0.05) is 0 Å². The molecule has 1 amide bonds. The number of halogens is 1. The Morgan fingerprint density at radius 2 is 2.37 bits per heavy atom. The molecule has 2 heterocycles. The fraction of sp³-hybridized carbons (Fsp3) is 0.538. The summed E-state index contributed by atoms with van der Waals surface area (Å²) in [6, 6.07) is 1.83. The highest BCUT2D eigenvalue weighted by molar-refractivity contribution is 9.10. The molecule has 2 N–H and O–H groups in total. The second-order valence-electron chi connectivity index (χ2n) is 5.06. The van der Waals surface area contributed by atoms with E-state index in [1.165, 1.54) is 0 Å². The highest BCUT2D eigenvalue weighted by Crippen LogP contribution is 2.24. The lowest BCUT2D eigenvalue weighted by atomic mass is 10.1. The van der Waals surface area contributed by atoms with Gasteiger partial charge in [-0.3, -0.25) is 4.79 Å². The summed E-state index contributed by atoms with van der Waals surface area (Å²) in [7, 11) is 3.78. The minimum atomic E-state index is 0.0356. The Hall–Kier alpha value is -1.14.